The van der Waals surface area contributed by atoms with Crippen molar-refractivity contribution in [1.82, 2.24) is 9.97 Å². The second-order valence-corrected chi connectivity index (χ2v) is 6.38. The molecule has 1 fully saturated rings. The quantitative estimate of drug-likeness (QED) is 0.746. The Bertz CT molecular complexity index is 414. The van der Waals surface area contributed by atoms with E-state index in [1.54, 1.807) is 0 Å². The molecular formula is C15H24IN3. The van der Waals surface area contributed by atoms with Gasteiger partial charge in [-0.2, -0.15) is 0 Å². The van der Waals surface area contributed by atoms with Crippen LogP contribution in [0.2, 0.25) is 0 Å². The summed E-state index contributed by atoms with van der Waals surface area (Å²) in [6, 6.07) is 0. The van der Waals surface area contributed by atoms with Gasteiger partial charge in [-0.25, -0.2) is 9.97 Å². The monoisotopic (exact) mass is 373 g/mol. The van der Waals surface area contributed by atoms with Crippen molar-refractivity contribution in [2.24, 2.45) is 0 Å². The summed E-state index contributed by atoms with van der Waals surface area (Å²) < 4.78 is 1.24. The van der Waals surface area contributed by atoms with Gasteiger partial charge in [-0.1, -0.05) is 26.2 Å². The van der Waals surface area contributed by atoms with E-state index in [1.807, 2.05) is 0 Å². The molecule has 0 bridgehead atoms. The number of anilines is 1. The summed E-state index contributed by atoms with van der Waals surface area (Å²) >= 11 is 2.42. The average molecular weight is 373 g/mol. The lowest BCUT2D eigenvalue weighted by atomic mass is 10.0. The van der Waals surface area contributed by atoms with Gasteiger partial charge in [-0.05, 0) is 48.8 Å². The molecule has 3 nitrogen and oxygen atoms in total. The van der Waals surface area contributed by atoms with Crippen molar-refractivity contribution >= 4 is 28.4 Å². The van der Waals surface area contributed by atoms with E-state index in [4.69, 9.17) is 9.97 Å². The molecule has 1 heterocycles. The SMILES string of the molecule is CCCCc1nc(NCC)c(I)c(C2CCCC2)n1. The molecule has 106 valence electrons. The van der Waals surface area contributed by atoms with Crippen molar-refractivity contribution in [2.45, 2.75) is 64.7 Å². The zero-order chi connectivity index (χ0) is 13.7. The minimum Gasteiger partial charge on any atom is -0.369 e. The summed E-state index contributed by atoms with van der Waals surface area (Å²) in [5.41, 5.74) is 1.30. The number of hydrogen-bond donors (Lipinski definition) is 1. The van der Waals surface area contributed by atoms with Gasteiger partial charge in [0.2, 0.25) is 0 Å². The highest BCUT2D eigenvalue weighted by Crippen LogP contribution is 2.36. The summed E-state index contributed by atoms with van der Waals surface area (Å²) in [7, 11) is 0. The van der Waals surface area contributed by atoms with Crippen LogP contribution in [0.25, 0.3) is 0 Å². The van der Waals surface area contributed by atoms with Crippen molar-refractivity contribution in [2.75, 3.05) is 11.9 Å². The predicted octanol–water partition coefficient (Wildman–Crippen LogP) is 4.51. The molecular weight excluding hydrogens is 349 g/mol. The number of aromatic nitrogens is 2. The fourth-order valence-corrected chi connectivity index (χ4v) is 3.59. The largest absolute Gasteiger partial charge is 0.369 e. The Morgan fingerprint density at radius 2 is 1.95 bits per heavy atom. The molecule has 19 heavy (non-hydrogen) atoms. The highest BCUT2D eigenvalue weighted by molar-refractivity contribution is 14.1. The zero-order valence-corrected chi connectivity index (χ0v) is 14.2. The number of aryl methyl sites for hydroxylation is 1. The van der Waals surface area contributed by atoms with Gasteiger partial charge in [0.1, 0.15) is 11.6 Å². The molecule has 0 aromatic carbocycles. The molecule has 1 aliphatic carbocycles. The van der Waals surface area contributed by atoms with E-state index >= 15 is 0 Å². The fraction of sp³-hybridized carbons (Fsp3) is 0.733. The van der Waals surface area contributed by atoms with Crippen molar-refractivity contribution in [3.8, 4) is 0 Å². The molecule has 2 rings (SSSR count). The number of unbranched alkanes of at least 4 members (excludes halogenated alkanes) is 1. The number of rotatable bonds is 6. The van der Waals surface area contributed by atoms with E-state index in [1.165, 1.54) is 47.8 Å². The number of nitrogens with one attached hydrogen (secondary N) is 1. The van der Waals surface area contributed by atoms with Gasteiger partial charge in [-0.15, -0.1) is 0 Å². The van der Waals surface area contributed by atoms with E-state index in [2.05, 4.69) is 41.8 Å². The molecule has 1 aliphatic rings. The molecule has 1 aromatic heterocycles. The molecule has 0 radical (unpaired) electrons. The molecule has 4 heteroatoms. The summed E-state index contributed by atoms with van der Waals surface area (Å²) in [6.45, 7) is 5.26. The Hall–Kier alpha value is -0.390. The first kappa shape index (κ1) is 15.0. The van der Waals surface area contributed by atoms with Crippen LogP contribution in [0, 0.1) is 3.57 Å². The van der Waals surface area contributed by atoms with E-state index < -0.39 is 0 Å². The first-order chi connectivity index (χ1) is 9.26. The van der Waals surface area contributed by atoms with Crippen LogP contribution >= 0.6 is 22.6 Å². The Kier molecular flexibility index (Phi) is 5.85. The molecule has 0 saturated heterocycles. The molecule has 0 spiro atoms. The van der Waals surface area contributed by atoms with E-state index in [-0.39, 0.29) is 0 Å². The summed E-state index contributed by atoms with van der Waals surface area (Å²) in [5.74, 6) is 2.74. The number of halogens is 1. The first-order valence-electron chi connectivity index (χ1n) is 7.56. The summed E-state index contributed by atoms with van der Waals surface area (Å²) in [5, 5.41) is 3.40. The van der Waals surface area contributed by atoms with E-state index in [0.717, 1.165) is 24.6 Å². The van der Waals surface area contributed by atoms with Gasteiger partial charge in [0.25, 0.3) is 0 Å². The highest BCUT2D eigenvalue weighted by Gasteiger charge is 2.23. The van der Waals surface area contributed by atoms with Gasteiger partial charge < -0.3 is 5.32 Å². The average Bonchev–Trinajstić information content (AvgIpc) is 2.93. The van der Waals surface area contributed by atoms with Crippen LogP contribution in [0.3, 0.4) is 0 Å². The third-order valence-corrected chi connectivity index (χ3v) is 4.83. The molecule has 0 amide bonds. The summed E-state index contributed by atoms with van der Waals surface area (Å²) in [6.07, 6.45) is 8.68. The van der Waals surface area contributed by atoms with Crippen molar-refractivity contribution in [3.05, 3.63) is 15.1 Å². The first-order valence-corrected chi connectivity index (χ1v) is 8.64. The van der Waals surface area contributed by atoms with Crippen molar-refractivity contribution < 1.29 is 0 Å². The molecule has 0 atom stereocenters. The van der Waals surface area contributed by atoms with Crippen LogP contribution in [0.4, 0.5) is 5.82 Å². The van der Waals surface area contributed by atoms with E-state index in [0.29, 0.717) is 5.92 Å². The van der Waals surface area contributed by atoms with Crippen LogP contribution < -0.4 is 5.32 Å². The fourth-order valence-electron chi connectivity index (χ4n) is 2.71. The Balaban J connectivity index is 2.29. The lowest BCUT2D eigenvalue weighted by molar-refractivity contribution is 0.668. The third kappa shape index (κ3) is 3.80. The molecule has 1 N–H and O–H groups in total. The van der Waals surface area contributed by atoms with Crippen LogP contribution in [0.5, 0.6) is 0 Å². The number of nitrogens with zero attached hydrogens (tertiary/aromatic N) is 2. The van der Waals surface area contributed by atoms with Gasteiger partial charge in [-0.3, -0.25) is 0 Å². The maximum Gasteiger partial charge on any atom is 0.143 e. The normalized spacial score (nSPS) is 15.9. The van der Waals surface area contributed by atoms with Crippen molar-refractivity contribution in [1.29, 1.82) is 0 Å². The van der Waals surface area contributed by atoms with Crippen LogP contribution in [-0.4, -0.2) is 16.5 Å². The van der Waals surface area contributed by atoms with Gasteiger partial charge in [0.15, 0.2) is 0 Å². The lowest BCUT2D eigenvalue weighted by Gasteiger charge is -2.16. The Morgan fingerprint density at radius 1 is 1.21 bits per heavy atom. The van der Waals surface area contributed by atoms with Gasteiger partial charge in [0.05, 0.1) is 9.26 Å². The second-order valence-electron chi connectivity index (χ2n) is 5.30. The van der Waals surface area contributed by atoms with E-state index in [9.17, 15) is 0 Å². The van der Waals surface area contributed by atoms with Gasteiger partial charge >= 0.3 is 0 Å². The number of hydrogen-bond acceptors (Lipinski definition) is 3. The second kappa shape index (κ2) is 7.41. The standard InChI is InChI=1S/C15H24IN3/c1-3-5-10-12-18-14(11-8-6-7-9-11)13(16)15(19-12)17-4-2/h11H,3-10H2,1-2H3,(H,17,18,19). The maximum absolute atomic E-state index is 4.88. The third-order valence-electron chi connectivity index (χ3n) is 3.76. The topological polar surface area (TPSA) is 37.8 Å². The highest BCUT2D eigenvalue weighted by atomic mass is 127. The minimum absolute atomic E-state index is 0.660. The lowest BCUT2D eigenvalue weighted by Crippen LogP contribution is -2.11. The van der Waals surface area contributed by atoms with Crippen LogP contribution in [0.15, 0.2) is 0 Å². The van der Waals surface area contributed by atoms with Crippen LogP contribution in [-0.2, 0) is 6.42 Å². The smallest absolute Gasteiger partial charge is 0.143 e. The molecule has 0 aliphatic heterocycles. The van der Waals surface area contributed by atoms with Crippen LogP contribution in [0.1, 0.15) is 69.8 Å². The Morgan fingerprint density at radius 3 is 2.58 bits per heavy atom. The minimum atomic E-state index is 0.660. The summed E-state index contributed by atoms with van der Waals surface area (Å²) in [4.78, 5) is 9.58. The molecule has 1 aromatic rings. The van der Waals surface area contributed by atoms with Crippen molar-refractivity contribution in [3.63, 3.8) is 0 Å². The molecule has 0 unspecified atom stereocenters. The predicted molar refractivity (Wildman–Crippen MR) is 88.7 cm³/mol. The zero-order valence-electron chi connectivity index (χ0n) is 12.0. The maximum atomic E-state index is 4.88. The molecule has 1 saturated carbocycles. The van der Waals surface area contributed by atoms with Gasteiger partial charge in [0, 0.05) is 18.9 Å². The Labute approximate surface area is 130 Å².